The molecule has 0 aliphatic carbocycles. The molecule has 0 saturated carbocycles. The summed E-state index contributed by atoms with van der Waals surface area (Å²) in [6, 6.07) is 8.25. The summed E-state index contributed by atoms with van der Waals surface area (Å²) in [5.41, 5.74) is 3.60. The van der Waals surface area contributed by atoms with Crippen molar-refractivity contribution in [3.8, 4) is 23.0 Å². The molecule has 0 aromatic heterocycles. The third-order valence-corrected chi connectivity index (χ3v) is 5.27. The predicted octanol–water partition coefficient (Wildman–Crippen LogP) is 3.82. The molecule has 0 amide bonds. The summed E-state index contributed by atoms with van der Waals surface area (Å²) < 4.78 is 23.3. The van der Waals surface area contributed by atoms with Gasteiger partial charge >= 0.3 is 0 Å². The fraction of sp³-hybridized carbons (Fsp3) is 0.368. The first-order valence-corrected chi connectivity index (χ1v) is 9.16. The van der Waals surface area contributed by atoms with Crippen LogP contribution in [0.15, 0.2) is 28.7 Å². The number of benzene rings is 2. The molecule has 2 aliphatic heterocycles. The second-order valence-electron chi connectivity index (χ2n) is 6.00. The molecule has 1 N–H and O–H groups in total. The van der Waals surface area contributed by atoms with Crippen LogP contribution >= 0.6 is 15.9 Å². The van der Waals surface area contributed by atoms with Crippen molar-refractivity contribution in [2.45, 2.75) is 19.4 Å². The first-order chi connectivity index (χ1) is 12.2. The van der Waals surface area contributed by atoms with Crippen molar-refractivity contribution < 1.29 is 18.9 Å². The maximum Gasteiger partial charge on any atom is 0.231 e. The Morgan fingerprint density at radius 1 is 1.12 bits per heavy atom. The molecule has 2 aromatic carbocycles. The van der Waals surface area contributed by atoms with Gasteiger partial charge in [0.05, 0.1) is 19.8 Å². The van der Waals surface area contributed by atoms with Crippen LogP contribution < -0.4 is 24.3 Å². The van der Waals surface area contributed by atoms with Gasteiger partial charge in [-0.25, -0.2) is 0 Å². The lowest BCUT2D eigenvalue weighted by Gasteiger charge is -2.29. The Balaban J connectivity index is 1.79. The number of hydrogen-bond donors (Lipinski definition) is 1. The standard InChI is InChI=1S/C19H20BrNO4/c1-3-23-16-6-11-4-5-21-19(12(11)7-15(16)22-2)13-8-17-18(9-14(13)20)25-10-24-17/h6-9,19,21H,3-5,10H2,1-2H3. The van der Waals surface area contributed by atoms with Gasteiger partial charge in [0.2, 0.25) is 6.79 Å². The zero-order valence-corrected chi connectivity index (χ0v) is 15.8. The molecule has 4 rings (SSSR count). The molecule has 0 radical (unpaired) electrons. The third-order valence-electron chi connectivity index (χ3n) is 4.58. The number of fused-ring (bicyclic) bond motifs is 2. The highest BCUT2D eigenvalue weighted by Gasteiger charge is 2.27. The average Bonchev–Trinajstić information content (AvgIpc) is 3.07. The van der Waals surface area contributed by atoms with Crippen molar-refractivity contribution in [1.29, 1.82) is 0 Å². The first kappa shape index (κ1) is 16.5. The summed E-state index contributed by atoms with van der Waals surface area (Å²) in [5.74, 6) is 3.11. The van der Waals surface area contributed by atoms with Gasteiger partial charge < -0.3 is 24.3 Å². The van der Waals surface area contributed by atoms with Crippen LogP contribution in [0.25, 0.3) is 0 Å². The largest absolute Gasteiger partial charge is 0.493 e. The Morgan fingerprint density at radius 2 is 1.92 bits per heavy atom. The van der Waals surface area contributed by atoms with Crippen molar-refractivity contribution in [3.63, 3.8) is 0 Å². The number of ether oxygens (including phenoxy) is 4. The number of methoxy groups -OCH3 is 1. The van der Waals surface area contributed by atoms with Crippen LogP contribution in [0.2, 0.25) is 0 Å². The van der Waals surface area contributed by atoms with E-state index in [-0.39, 0.29) is 12.8 Å². The van der Waals surface area contributed by atoms with Gasteiger partial charge in [0.1, 0.15) is 0 Å². The minimum absolute atomic E-state index is 0.0530. The van der Waals surface area contributed by atoms with E-state index in [1.165, 1.54) is 11.1 Å². The van der Waals surface area contributed by atoms with Crippen molar-refractivity contribution in [2.24, 2.45) is 0 Å². The number of nitrogens with one attached hydrogen (secondary N) is 1. The fourth-order valence-corrected chi connectivity index (χ4v) is 3.97. The summed E-state index contributed by atoms with van der Waals surface area (Å²) in [4.78, 5) is 0. The van der Waals surface area contributed by atoms with E-state index in [1.54, 1.807) is 7.11 Å². The van der Waals surface area contributed by atoms with Gasteiger partial charge in [-0.15, -0.1) is 0 Å². The zero-order valence-electron chi connectivity index (χ0n) is 14.2. The minimum Gasteiger partial charge on any atom is -0.493 e. The maximum absolute atomic E-state index is 5.73. The zero-order chi connectivity index (χ0) is 17.4. The molecule has 2 aliphatic rings. The Bertz CT molecular complexity index is 808. The van der Waals surface area contributed by atoms with Crippen molar-refractivity contribution in [3.05, 3.63) is 45.4 Å². The molecule has 6 heteroatoms. The normalized spacial score (nSPS) is 18.0. The Labute approximate surface area is 155 Å². The van der Waals surface area contributed by atoms with E-state index in [0.717, 1.165) is 46.0 Å². The monoisotopic (exact) mass is 405 g/mol. The number of hydrogen-bond acceptors (Lipinski definition) is 5. The average molecular weight is 406 g/mol. The summed E-state index contributed by atoms with van der Waals surface area (Å²) in [6.45, 7) is 3.76. The van der Waals surface area contributed by atoms with Crippen LogP contribution in [0.4, 0.5) is 0 Å². The topological polar surface area (TPSA) is 49.0 Å². The summed E-state index contributed by atoms with van der Waals surface area (Å²) in [6.07, 6.45) is 0.956. The second kappa shape index (κ2) is 6.77. The lowest BCUT2D eigenvalue weighted by Crippen LogP contribution is -2.31. The quantitative estimate of drug-likeness (QED) is 0.837. The van der Waals surface area contributed by atoms with Gasteiger partial charge in [0, 0.05) is 11.0 Å². The van der Waals surface area contributed by atoms with Gasteiger partial charge in [0.15, 0.2) is 23.0 Å². The molecule has 25 heavy (non-hydrogen) atoms. The maximum atomic E-state index is 5.73. The van der Waals surface area contributed by atoms with E-state index >= 15 is 0 Å². The lowest BCUT2D eigenvalue weighted by atomic mass is 9.89. The van der Waals surface area contributed by atoms with E-state index in [1.807, 2.05) is 19.1 Å². The molecule has 0 bridgehead atoms. The lowest BCUT2D eigenvalue weighted by molar-refractivity contribution is 0.174. The summed E-state index contributed by atoms with van der Waals surface area (Å²) in [7, 11) is 1.67. The SMILES string of the molecule is CCOc1cc2c(cc1OC)C(c1cc3c(cc1Br)OCO3)NCC2. The molecule has 1 unspecified atom stereocenters. The van der Waals surface area contributed by atoms with E-state index in [9.17, 15) is 0 Å². The van der Waals surface area contributed by atoms with Gasteiger partial charge in [0.25, 0.3) is 0 Å². The molecular formula is C19H20BrNO4. The van der Waals surface area contributed by atoms with E-state index in [0.29, 0.717) is 6.61 Å². The van der Waals surface area contributed by atoms with Crippen LogP contribution in [0.5, 0.6) is 23.0 Å². The highest BCUT2D eigenvalue weighted by atomic mass is 79.9. The smallest absolute Gasteiger partial charge is 0.231 e. The molecule has 2 heterocycles. The Morgan fingerprint density at radius 3 is 2.68 bits per heavy atom. The van der Waals surface area contributed by atoms with Crippen LogP contribution in [0, 0.1) is 0 Å². The number of rotatable bonds is 4. The molecule has 2 aromatic rings. The van der Waals surface area contributed by atoms with Crippen LogP contribution in [0.1, 0.15) is 29.7 Å². The van der Waals surface area contributed by atoms with Gasteiger partial charge in [-0.2, -0.15) is 0 Å². The van der Waals surface area contributed by atoms with Gasteiger partial charge in [-0.3, -0.25) is 0 Å². The van der Waals surface area contributed by atoms with Gasteiger partial charge in [-0.05, 0) is 54.3 Å². The van der Waals surface area contributed by atoms with E-state index in [2.05, 4.69) is 33.4 Å². The van der Waals surface area contributed by atoms with E-state index in [4.69, 9.17) is 18.9 Å². The highest BCUT2D eigenvalue weighted by molar-refractivity contribution is 9.10. The highest BCUT2D eigenvalue weighted by Crippen LogP contribution is 2.43. The molecule has 0 saturated heterocycles. The summed E-state index contributed by atoms with van der Waals surface area (Å²) in [5, 5.41) is 3.60. The number of halogens is 1. The Hall–Kier alpha value is -1.92. The fourth-order valence-electron chi connectivity index (χ4n) is 3.42. The molecule has 0 fully saturated rings. The van der Waals surface area contributed by atoms with Gasteiger partial charge in [-0.1, -0.05) is 15.9 Å². The first-order valence-electron chi connectivity index (χ1n) is 8.37. The Kier molecular flexibility index (Phi) is 4.48. The predicted molar refractivity (Wildman–Crippen MR) is 98.0 cm³/mol. The third kappa shape index (κ3) is 2.93. The van der Waals surface area contributed by atoms with Crippen molar-refractivity contribution in [2.75, 3.05) is 27.1 Å². The molecular weight excluding hydrogens is 386 g/mol. The van der Waals surface area contributed by atoms with Crippen LogP contribution in [0.3, 0.4) is 0 Å². The summed E-state index contributed by atoms with van der Waals surface area (Å²) >= 11 is 3.68. The van der Waals surface area contributed by atoms with Crippen molar-refractivity contribution in [1.82, 2.24) is 5.32 Å². The molecule has 1 atom stereocenters. The van der Waals surface area contributed by atoms with Crippen LogP contribution in [-0.2, 0) is 6.42 Å². The van der Waals surface area contributed by atoms with Crippen LogP contribution in [-0.4, -0.2) is 27.1 Å². The molecule has 132 valence electrons. The minimum atomic E-state index is 0.0530. The molecule has 5 nitrogen and oxygen atoms in total. The van der Waals surface area contributed by atoms with E-state index < -0.39 is 0 Å². The second-order valence-corrected chi connectivity index (χ2v) is 6.85. The van der Waals surface area contributed by atoms with Crippen molar-refractivity contribution >= 4 is 15.9 Å². The molecule has 0 spiro atoms.